The number of aromatic nitrogens is 3. The van der Waals surface area contributed by atoms with Crippen LogP contribution in [0.15, 0.2) is 67.1 Å². The number of nitrogens with zero attached hydrogens (tertiary/aromatic N) is 3. The molecule has 32 heavy (non-hydrogen) atoms. The van der Waals surface area contributed by atoms with Gasteiger partial charge in [-0.3, -0.25) is 9.78 Å². The van der Waals surface area contributed by atoms with Crippen molar-refractivity contribution in [2.75, 3.05) is 6.54 Å². The molecule has 0 saturated carbocycles. The zero-order chi connectivity index (χ0) is 23.0. The van der Waals surface area contributed by atoms with E-state index in [-0.39, 0.29) is 11.9 Å². The standard InChI is InChI=1S/C24H29N5O3/c1-24(2,3)32-23(31)26-13-7-11-20(18-9-5-4-6-10-18)28-22(30)21-17-19(12-15-25-21)29-16-8-14-27-29/h4-6,8-10,12,14-17,20H,7,11,13H2,1-3H3,(H,26,31)(H,28,30)/t20-/m1/s1. The molecule has 0 fully saturated rings. The fourth-order valence-electron chi connectivity index (χ4n) is 3.16. The number of alkyl carbamates (subject to hydrolysis) is 1. The second-order valence-electron chi connectivity index (χ2n) is 8.36. The smallest absolute Gasteiger partial charge is 0.407 e. The number of hydrogen-bond acceptors (Lipinski definition) is 5. The van der Waals surface area contributed by atoms with Gasteiger partial charge in [-0.25, -0.2) is 9.48 Å². The normalized spacial score (nSPS) is 12.1. The van der Waals surface area contributed by atoms with Crippen molar-refractivity contribution >= 4 is 12.0 Å². The molecule has 168 valence electrons. The number of hydrogen-bond donors (Lipinski definition) is 2. The molecule has 3 rings (SSSR count). The van der Waals surface area contributed by atoms with Crippen molar-refractivity contribution in [1.82, 2.24) is 25.4 Å². The van der Waals surface area contributed by atoms with Crippen LogP contribution in [0.2, 0.25) is 0 Å². The average molecular weight is 436 g/mol. The van der Waals surface area contributed by atoms with Crippen LogP contribution in [-0.2, 0) is 4.74 Å². The molecule has 0 radical (unpaired) electrons. The molecule has 0 aliphatic rings. The van der Waals surface area contributed by atoms with Crippen LogP contribution in [0.4, 0.5) is 4.79 Å². The van der Waals surface area contributed by atoms with E-state index in [2.05, 4.69) is 20.7 Å². The van der Waals surface area contributed by atoms with Gasteiger partial charge in [-0.2, -0.15) is 5.10 Å². The Morgan fingerprint density at radius 1 is 1.09 bits per heavy atom. The second kappa shape index (κ2) is 10.6. The van der Waals surface area contributed by atoms with Crippen molar-refractivity contribution in [2.45, 2.75) is 45.3 Å². The van der Waals surface area contributed by atoms with E-state index in [0.717, 1.165) is 11.3 Å². The van der Waals surface area contributed by atoms with Crippen molar-refractivity contribution in [3.05, 3.63) is 78.4 Å². The van der Waals surface area contributed by atoms with Gasteiger partial charge in [0.15, 0.2) is 0 Å². The average Bonchev–Trinajstić information content (AvgIpc) is 3.30. The van der Waals surface area contributed by atoms with E-state index >= 15 is 0 Å². The highest BCUT2D eigenvalue weighted by Crippen LogP contribution is 2.19. The largest absolute Gasteiger partial charge is 0.444 e. The fourth-order valence-corrected chi connectivity index (χ4v) is 3.16. The minimum atomic E-state index is -0.539. The topological polar surface area (TPSA) is 98.1 Å². The molecule has 8 nitrogen and oxygen atoms in total. The van der Waals surface area contributed by atoms with Crippen LogP contribution in [0.1, 0.15) is 55.7 Å². The summed E-state index contributed by atoms with van der Waals surface area (Å²) < 4.78 is 6.93. The van der Waals surface area contributed by atoms with Gasteiger partial charge in [-0.15, -0.1) is 0 Å². The highest BCUT2D eigenvalue weighted by Gasteiger charge is 2.18. The molecule has 0 spiro atoms. The number of carbonyl (C=O) groups is 2. The molecule has 1 aromatic carbocycles. The van der Waals surface area contributed by atoms with E-state index in [1.807, 2.05) is 63.4 Å². The van der Waals surface area contributed by atoms with Crippen molar-refractivity contribution in [3.63, 3.8) is 0 Å². The third-order valence-corrected chi connectivity index (χ3v) is 4.59. The number of pyridine rings is 1. The maximum Gasteiger partial charge on any atom is 0.407 e. The van der Waals surface area contributed by atoms with Crippen molar-refractivity contribution in [1.29, 1.82) is 0 Å². The van der Waals surface area contributed by atoms with Crippen LogP contribution >= 0.6 is 0 Å². The quantitative estimate of drug-likeness (QED) is 0.520. The highest BCUT2D eigenvalue weighted by atomic mass is 16.6. The molecule has 0 unspecified atom stereocenters. The SMILES string of the molecule is CC(C)(C)OC(=O)NCCC[C@@H](NC(=O)c1cc(-n2cccn2)ccn1)c1ccccc1. The van der Waals surface area contributed by atoms with Gasteiger partial charge in [0.05, 0.1) is 11.7 Å². The third kappa shape index (κ3) is 6.94. The molecule has 0 bridgehead atoms. The second-order valence-corrected chi connectivity index (χ2v) is 8.36. The number of ether oxygens (including phenoxy) is 1. The van der Waals surface area contributed by atoms with E-state index in [1.54, 1.807) is 29.2 Å². The zero-order valence-corrected chi connectivity index (χ0v) is 18.6. The van der Waals surface area contributed by atoms with Crippen LogP contribution in [0.25, 0.3) is 5.69 Å². The van der Waals surface area contributed by atoms with Gasteiger partial charge in [0.2, 0.25) is 0 Å². The molecule has 2 heterocycles. The lowest BCUT2D eigenvalue weighted by atomic mass is 10.0. The molecule has 3 aromatic rings. The molecule has 2 amide bonds. The Balaban J connectivity index is 1.63. The Morgan fingerprint density at radius 3 is 2.56 bits per heavy atom. The van der Waals surface area contributed by atoms with Gasteiger partial charge in [-0.05, 0) is 57.4 Å². The van der Waals surface area contributed by atoms with Gasteiger partial charge in [-0.1, -0.05) is 30.3 Å². The third-order valence-electron chi connectivity index (χ3n) is 4.59. The van der Waals surface area contributed by atoms with E-state index in [4.69, 9.17) is 4.74 Å². The summed E-state index contributed by atoms with van der Waals surface area (Å²) in [6, 6.07) is 14.8. The summed E-state index contributed by atoms with van der Waals surface area (Å²) in [5, 5.41) is 10.0. The summed E-state index contributed by atoms with van der Waals surface area (Å²) in [7, 11) is 0. The lowest BCUT2D eigenvalue weighted by Crippen LogP contribution is -2.34. The Kier molecular flexibility index (Phi) is 7.59. The maximum absolute atomic E-state index is 13.0. The lowest BCUT2D eigenvalue weighted by Gasteiger charge is -2.21. The summed E-state index contributed by atoms with van der Waals surface area (Å²) >= 11 is 0. The number of carbonyl (C=O) groups excluding carboxylic acids is 2. The molecule has 1 atom stereocenters. The Bertz CT molecular complexity index is 1010. The maximum atomic E-state index is 13.0. The van der Waals surface area contributed by atoms with E-state index < -0.39 is 11.7 Å². The first-order valence-corrected chi connectivity index (χ1v) is 10.6. The summed E-state index contributed by atoms with van der Waals surface area (Å²) in [5.74, 6) is -0.270. The number of rotatable bonds is 8. The van der Waals surface area contributed by atoms with Crippen LogP contribution in [0.3, 0.4) is 0 Å². The molecule has 8 heteroatoms. The van der Waals surface area contributed by atoms with Gasteiger partial charge in [0.25, 0.3) is 5.91 Å². The number of nitrogens with one attached hydrogen (secondary N) is 2. The van der Waals surface area contributed by atoms with Crippen LogP contribution < -0.4 is 10.6 Å². The predicted octanol–water partition coefficient (Wildman–Crippen LogP) is 4.04. The van der Waals surface area contributed by atoms with Gasteiger partial charge < -0.3 is 15.4 Å². The van der Waals surface area contributed by atoms with Gasteiger partial charge in [0.1, 0.15) is 11.3 Å². The molecule has 0 aliphatic carbocycles. The van der Waals surface area contributed by atoms with Crippen LogP contribution in [0, 0.1) is 0 Å². The predicted molar refractivity (Wildman–Crippen MR) is 121 cm³/mol. The first-order chi connectivity index (χ1) is 15.3. The summed E-state index contributed by atoms with van der Waals surface area (Å²) in [6.45, 7) is 5.91. The van der Waals surface area contributed by atoms with Crippen molar-refractivity contribution in [3.8, 4) is 5.69 Å². The Morgan fingerprint density at radius 2 is 1.88 bits per heavy atom. The van der Waals surface area contributed by atoms with Gasteiger partial charge in [0, 0.05) is 25.1 Å². The number of amides is 2. The van der Waals surface area contributed by atoms with E-state index in [0.29, 0.717) is 25.1 Å². The minimum Gasteiger partial charge on any atom is -0.444 e. The number of benzene rings is 1. The van der Waals surface area contributed by atoms with Crippen molar-refractivity contribution in [2.24, 2.45) is 0 Å². The van der Waals surface area contributed by atoms with Gasteiger partial charge >= 0.3 is 6.09 Å². The van der Waals surface area contributed by atoms with Crippen LogP contribution in [0.5, 0.6) is 0 Å². The van der Waals surface area contributed by atoms with Crippen molar-refractivity contribution < 1.29 is 14.3 Å². The first-order valence-electron chi connectivity index (χ1n) is 10.6. The Labute approximate surface area is 188 Å². The molecule has 0 aliphatic heterocycles. The minimum absolute atomic E-state index is 0.223. The van der Waals surface area contributed by atoms with E-state index in [9.17, 15) is 9.59 Å². The molecule has 0 saturated heterocycles. The molecule has 2 N–H and O–H groups in total. The first kappa shape index (κ1) is 23.0. The lowest BCUT2D eigenvalue weighted by molar-refractivity contribution is 0.0526. The summed E-state index contributed by atoms with van der Waals surface area (Å²) in [5.41, 5.74) is 1.52. The Hall–Kier alpha value is -3.68. The van der Waals surface area contributed by atoms with E-state index in [1.165, 1.54) is 0 Å². The monoisotopic (exact) mass is 435 g/mol. The summed E-state index contributed by atoms with van der Waals surface area (Å²) in [4.78, 5) is 29.0. The molecular weight excluding hydrogens is 406 g/mol. The summed E-state index contributed by atoms with van der Waals surface area (Å²) in [6.07, 6.45) is 5.94. The highest BCUT2D eigenvalue weighted by molar-refractivity contribution is 5.93. The fraction of sp³-hybridized carbons (Fsp3) is 0.333. The zero-order valence-electron chi connectivity index (χ0n) is 18.6. The molecular formula is C24H29N5O3. The van der Waals surface area contributed by atoms with Crippen LogP contribution in [-0.4, -0.2) is 38.9 Å². The molecule has 2 aromatic heterocycles.